The van der Waals surface area contributed by atoms with E-state index in [-0.39, 0.29) is 0 Å². The minimum atomic E-state index is 0.758. The van der Waals surface area contributed by atoms with E-state index in [1.165, 1.54) is 25.7 Å². The van der Waals surface area contributed by atoms with Crippen LogP contribution in [-0.2, 0) is 6.54 Å². The molecule has 3 heteroatoms. The molecule has 0 bridgehead atoms. The van der Waals surface area contributed by atoms with Gasteiger partial charge in [-0.1, -0.05) is 32.3 Å². The molecule has 0 saturated carbocycles. The fourth-order valence-electron chi connectivity index (χ4n) is 2.52. The van der Waals surface area contributed by atoms with Gasteiger partial charge < -0.3 is 9.88 Å². The fraction of sp³-hybridized carbons (Fsp3) is 0.471. The summed E-state index contributed by atoms with van der Waals surface area (Å²) >= 11 is 0. The molecule has 0 aliphatic rings. The SMILES string of the molecule is CCCCCCNCCn1ccc2c(C#N)cccc21. The average Bonchev–Trinajstić information content (AvgIpc) is 2.89. The second kappa shape index (κ2) is 7.72. The van der Waals surface area contributed by atoms with Gasteiger partial charge in [0.2, 0.25) is 0 Å². The van der Waals surface area contributed by atoms with E-state index in [4.69, 9.17) is 5.26 Å². The first-order chi connectivity index (χ1) is 9.86. The third-order valence-electron chi connectivity index (χ3n) is 3.67. The number of aromatic nitrogens is 1. The van der Waals surface area contributed by atoms with Crippen LogP contribution in [0.1, 0.15) is 38.2 Å². The van der Waals surface area contributed by atoms with Crippen molar-refractivity contribution in [2.75, 3.05) is 13.1 Å². The number of hydrogen-bond acceptors (Lipinski definition) is 2. The van der Waals surface area contributed by atoms with Crippen LogP contribution >= 0.6 is 0 Å². The van der Waals surface area contributed by atoms with Crippen molar-refractivity contribution in [1.29, 1.82) is 5.26 Å². The molecule has 3 nitrogen and oxygen atoms in total. The number of rotatable bonds is 8. The van der Waals surface area contributed by atoms with Gasteiger partial charge in [-0.05, 0) is 31.2 Å². The molecular weight excluding hydrogens is 246 g/mol. The third kappa shape index (κ3) is 3.61. The van der Waals surface area contributed by atoms with Crippen LogP contribution in [0.4, 0.5) is 0 Å². The maximum Gasteiger partial charge on any atom is 0.0998 e. The van der Waals surface area contributed by atoms with E-state index in [1.807, 2.05) is 18.2 Å². The van der Waals surface area contributed by atoms with Crippen LogP contribution in [-0.4, -0.2) is 17.7 Å². The molecule has 106 valence electrons. The van der Waals surface area contributed by atoms with Crippen molar-refractivity contribution in [2.45, 2.75) is 39.2 Å². The normalized spacial score (nSPS) is 10.8. The Bertz CT molecular complexity index is 577. The van der Waals surface area contributed by atoms with Gasteiger partial charge >= 0.3 is 0 Å². The molecule has 20 heavy (non-hydrogen) atoms. The van der Waals surface area contributed by atoms with Crippen molar-refractivity contribution in [3.63, 3.8) is 0 Å². The molecule has 2 rings (SSSR count). The molecule has 0 aliphatic heterocycles. The molecular formula is C17H23N3. The van der Waals surface area contributed by atoms with Gasteiger partial charge in [-0.25, -0.2) is 0 Å². The molecule has 0 fully saturated rings. The Labute approximate surface area is 121 Å². The van der Waals surface area contributed by atoms with E-state index < -0.39 is 0 Å². The quantitative estimate of drug-likeness (QED) is 0.743. The van der Waals surface area contributed by atoms with E-state index in [9.17, 15) is 0 Å². The third-order valence-corrected chi connectivity index (χ3v) is 3.67. The van der Waals surface area contributed by atoms with Gasteiger partial charge in [-0.2, -0.15) is 5.26 Å². The summed E-state index contributed by atoms with van der Waals surface area (Å²) in [6, 6.07) is 10.2. The Hall–Kier alpha value is -1.79. The molecule has 0 spiro atoms. The molecule has 0 aliphatic carbocycles. The first kappa shape index (κ1) is 14.6. The Balaban J connectivity index is 1.84. The zero-order chi connectivity index (χ0) is 14.2. The summed E-state index contributed by atoms with van der Waals surface area (Å²) in [6.45, 7) is 5.27. The molecule has 2 aromatic rings. The standard InChI is InChI=1S/C17H23N3/c1-2-3-4-5-10-19-11-13-20-12-9-16-15(14-18)7-6-8-17(16)20/h6-9,12,19H,2-5,10-11,13H2,1H3. The highest BCUT2D eigenvalue weighted by atomic mass is 15.0. The molecule has 0 amide bonds. The van der Waals surface area contributed by atoms with Crippen molar-refractivity contribution >= 4 is 10.9 Å². The topological polar surface area (TPSA) is 40.8 Å². The Morgan fingerprint density at radius 2 is 2.05 bits per heavy atom. The lowest BCUT2D eigenvalue weighted by molar-refractivity contribution is 0.567. The van der Waals surface area contributed by atoms with Crippen molar-refractivity contribution in [1.82, 2.24) is 9.88 Å². The van der Waals surface area contributed by atoms with Crippen LogP contribution < -0.4 is 5.32 Å². The van der Waals surface area contributed by atoms with Crippen LogP contribution in [0.2, 0.25) is 0 Å². The number of hydrogen-bond donors (Lipinski definition) is 1. The van der Waals surface area contributed by atoms with Crippen LogP contribution in [0.5, 0.6) is 0 Å². The van der Waals surface area contributed by atoms with Gasteiger partial charge in [-0.15, -0.1) is 0 Å². The fourth-order valence-corrected chi connectivity index (χ4v) is 2.52. The monoisotopic (exact) mass is 269 g/mol. The summed E-state index contributed by atoms with van der Waals surface area (Å²) in [4.78, 5) is 0. The number of nitriles is 1. The lowest BCUT2D eigenvalue weighted by Crippen LogP contribution is -2.20. The molecule has 0 unspecified atom stereocenters. The lowest BCUT2D eigenvalue weighted by Gasteiger charge is -2.07. The highest BCUT2D eigenvalue weighted by Gasteiger charge is 2.04. The van der Waals surface area contributed by atoms with Gasteiger partial charge in [0.25, 0.3) is 0 Å². The number of fused-ring (bicyclic) bond motifs is 1. The van der Waals surface area contributed by atoms with Crippen molar-refractivity contribution < 1.29 is 0 Å². The average molecular weight is 269 g/mol. The highest BCUT2D eigenvalue weighted by molar-refractivity contribution is 5.85. The summed E-state index contributed by atoms with van der Waals surface area (Å²) in [6.07, 6.45) is 7.28. The van der Waals surface area contributed by atoms with Crippen molar-refractivity contribution in [2.24, 2.45) is 0 Å². The van der Waals surface area contributed by atoms with E-state index in [2.05, 4.69) is 35.1 Å². The number of unbranched alkanes of at least 4 members (excludes halogenated alkanes) is 3. The molecule has 0 saturated heterocycles. The van der Waals surface area contributed by atoms with E-state index in [0.29, 0.717) is 0 Å². The summed E-state index contributed by atoms with van der Waals surface area (Å²) in [5.41, 5.74) is 1.91. The molecule has 1 heterocycles. The van der Waals surface area contributed by atoms with Crippen LogP contribution in [0.25, 0.3) is 10.9 Å². The van der Waals surface area contributed by atoms with Crippen LogP contribution in [0.3, 0.4) is 0 Å². The zero-order valence-electron chi connectivity index (χ0n) is 12.2. The minimum Gasteiger partial charge on any atom is -0.346 e. The van der Waals surface area contributed by atoms with E-state index in [1.54, 1.807) is 0 Å². The van der Waals surface area contributed by atoms with E-state index >= 15 is 0 Å². The zero-order valence-corrected chi connectivity index (χ0v) is 12.2. The second-order valence-corrected chi connectivity index (χ2v) is 5.17. The number of nitrogens with zero attached hydrogens (tertiary/aromatic N) is 2. The summed E-state index contributed by atoms with van der Waals surface area (Å²) in [5, 5.41) is 13.6. The second-order valence-electron chi connectivity index (χ2n) is 5.17. The Morgan fingerprint density at radius 3 is 2.85 bits per heavy atom. The number of nitrogens with one attached hydrogen (secondary N) is 1. The minimum absolute atomic E-state index is 0.758. The van der Waals surface area contributed by atoms with Crippen molar-refractivity contribution in [3.05, 3.63) is 36.0 Å². The van der Waals surface area contributed by atoms with Gasteiger partial charge in [0.1, 0.15) is 0 Å². The van der Waals surface area contributed by atoms with Gasteiger partial charge in [0.05, 0.1) is 11.6 Å². The maximum atomic E-state index is 9.09. The molecule has 0 radical (unpaired) electrons. The summed E-state index contributed by atoms with van der Waals surface area (Å²) < 4.78 is 2.22. The summed E-state index contributed by atoms with van der Waals surface area (Å²) in [5.74, 6) is 0. The van der Waals surface area contributed by atoms with E-state index in [0.717, 1.165) is 36.1 Å². The van der Waals surface area contributed by atoms with Crippen LogP contribution in [0.15, 0.2) is 30.5 Å². The Morgan fingerprint density at radius 1 is 1.15 bits per heavy atom. The first-order valence-electron chi connectivity index (χ1n) is 7.55. The molecule has 1 N–H and O–H groups in total. The first-order valence-corrected chi connectivity index (χ1v) is 7.55. The molecule has 1 aromatic carbocycles. The van der Waals surface area contributed by atoms with Crippen LogP contribution in [0, 0.1) is 11.3 Å². The number of benzene rings is 1. The molecule has 0 atom stereocenters. The van der Waals surface area contributed by atoms with Crippen molar-refractivity contribution in [3.8, 4) is 6.07 Å². The smallest absolute Gasteiger partial charge is 0.0998 e. The largest absolute Gasteiger partial charge is 0.346 e. The predicted molar refractivity (Wildman–Crippen MR) is 83.7 cm³/mol. The molecule has 1 aromatic heterocycles. The lowest BCUT2D eigenvalue weighted by atomic mass is 10.1. The highest BCUT2D eigenvalue weighted by Crippen LogP contribution is 2.19. The Kier molecular flexibility index (Phi) is 5.64. The van der Waals surface area contributed by atoms with Gasteiger partial charge in [0, 0.05) is 30.2 Å². The predicted octanol–water partition coefficient (Wildman–Crippen LogP) is 3.68. The van der Waals surface area contributed by atoms with Gasteiger partial charge in [-0.3, -0.25) is 0 Å². The maximum absolute atomic E-state index is 9.09. The van der Waals surface area contributed by atoms with Gasteiger partial charge in [0.15, 0.2) is 0 Å². The summed E-state index contributed by atoms with van der Waals surface area (Å²) in [7, 11) is 0.